The lowest BCUT2D eigenvalue weighted by atomic mass is 10.1. The van der Waals surface area contributed by atoms with Gasteiger partial charge in [-0.3, -0.25) is 4.79 Å². The number of esters is 1. The minimum absolute atomic E-state index is 0.146. The second kappa shape index (κ2) is 8.11. The van der Waals surface area contributed by atoms with Gasteiger partial charge < -0.3 is 15.4 Å². The van der Waals surface area contributed by atoms with Crippen LogP contribution in [-0.2, 0) is 9.53 Å². The Morgan fingerprint density at radius 1 is 1.17 bits per heavy atom. The van der Waals surface area contributed by atoms with Crippen molar-refractivity contribution in [1.29, 1.82) is 0 Å². The van der Waals surface area contributed by atoms with Crippen molar-refractivity contribution in [2.45, 2.75) is 18.8 Å². The van der Waals surface area contributed by atoms with Gasteiger partial charge >= 0.3 is 17.8 Å². The Morgan fingerprint density at radius 2 is 1.87 bits per heavy atom. The summed E-state index contributed by atoms with van der Waals surface area (Å²) in [4.78, 5) is 29.0. The van der Waals surface area contributed by atoms with Gasteiger partial charge in [0.05, 0.1) is 17.3 Å². The number of hydrogen-bond acceptors (Lipinski definition) is 6. The standard InChI is InChI=1S/C19H15ClF3N3O3S/c1-10-5-3-8-13-14(10)24-17(30-13)26-18(16(28)29-2,19(21,22)23)25-15(27)11-6-4-7-12(20)9-11/h3-9H,1-2H3,(H,24,26)(H,25,27)/t18-/m0/s1. The molecule has 0 spiro atoms. The quantitative estimate of drug-likeness (QED) is 0.434. The number of rotatable bonds is 5. The van der Waals surface area contributed by atoms with Crippen molar-refractivity contribution in [3.8, 4) is 0 Å². The molecule has 1 heterocycles. The number of anilines is 1. The first-order valence-electron chi connectivity index (χ1n) is 8.45. The molecule has 0 aliphatic heterocycles. The van der Waals surface area contributed by atoms with Gasteiger partial charge in [0.1, 0.15) is 0 Å². The van der Waals surface area contributed by atoms with Crippen molar-refractivity contribution in [2.24, 2.45) is 0 Å². The van der Waals surface area contributed by atoms with Gasteiger partial charge in [-0.1, -0.05) is 41.1 Å². The summed E-state index contributed by atoms with van der Waals surface area (Å²) in [6.07, 6.45) is -5.26. The zero-order chi connectivity index (χ0) is 22.1. The van der Waals surface area contributed by atoms with E-state index in [4.69, 9.17) is 11.6 Å². The van der Waals surface area contributed by atoms with Crippen molar-refractivity contribution >= 4 is 50.2 Å². The molecule has 0 fully saturated rings. The number of alkyl halides is 3. The Bertz CT molecular complexity index is 1120. The van der Waals surface area contributed by atoms with Gasteiger partial charge in [-0.2, -0.15) is 13.2 Å². The number of thiazole rings is 1. The minimum Gasteiger partial charge on any atom is -0.466 e. The number of carbonyl (C=O) groups is 2. The van der Waals surface area contributed by atoms with Crippen LogP contribution in [0.15, 0.2) is 42.5 Å². The Balaban J connectivity index is 2.07. The van der Waals surface area contributed by atoms with Gasteiger partial charge in [0.15, 0.2) is 5.13 Å². The summed E-state index contributed by atoms with van der Waals surface area (Å²) in [5, 5.41) is 3.72. The number of halogens is 4. The molecule has 30 heavy (non-hydrogen) atoms. The predicted molar refractivity (Wildman–Crippen MR) is 108 cm³/mol. The first-order chi connectivity index (χ1) is 14.1. The molecular weight excluding hydrogens is 443 g/mol. The largest absolute Gasteiger partial charge is 0.466 e. The normalized spacial score (nSPS) is 13.5. The van der Waals surface area contributed by atoms with Gasteiger partial charge in [0.25, 0.3) is 5.91 Å². The Kier molecular flexibility index (Phi) is 5.91. The van der Waals surface area contributed by atoms with E-state index in [1.165, 1.54) is 24.3 Å². The number of fused-ring (bicyclic) bond motifs is 1. The summed E-state index contributed by atoms with van der Waals surface area (Å²) in [5.41, 5.74) is -2.51. The highest BCUT2D eigenvalue weighted by Gasteiger charge is 2.64. The van der Waals surface area contributed by atoms with E-state index in [1.807, 2.05) is 0 Å². The number of aromatic nitrogens is 1. The lowest BCUT2D eigenvalue weighted by molar-refractivity contribution is -0.203. The topological polar surface area (TPSA) is 80.3 Å². The molecule has 3 aromatic rings. The van der Waals surface area contributed by atoms with Crippen LogP contribution >= 0.6 is 22.9 Å². The third kappa shape index (κ3) is 4.05. The summed E-state index contributed by atoms with van der Waals surface area (Å²) in [7, 11) is 0.790. The third-order valence-electron chi connectivity index (χ3n) is 4.22. The highest BCUT2D eigenvalue weighted by molar-refractivity contribution is 7.22. The van der Waals surface area contributed by atoms with Crippen LogP contribution < -0.4 is 10.6 Å². The van der Waals surface area contributed by atoms with E-state index in [-0.39, 0.29) is 15.7 Å². The molecule has 0 radical (unpaired) electrons. The van der Waals surface area contributed by atoms with Crippen LogP contribution in [0.1, 0.15) is 15.9 Å². The highest BCUT2D eigenvalue weighted by atomic mass is 35.5. The molecule has 2 N–H and O–H groups in total. The zero-order valence-electron chi connectivity index (χ0n) is 15.6. The number of nitrogens with one attached hydrogen (secondary N) is 2. The molecule has 0 aliphatic carbocycles. The molecule has 0 unspecified atom stereocenters. The van der Waals surface area contributed by atoms with Crippen molar-refractivity contribution in [3.05, 3.63) is 58.6 Å². The van der Waals surface area contributed by atoms with E-state index < -0.39 is 23.7 Å². The number of ether oxygens (including phenoxy) is 1. The molecule has 0 bridgehead atoms. The summed E-state index contributed by atoms with van der Waals surface area (Å²) >= 11 is 6.72. The smallest absolute Gasteiger partial charge is 0.442 e. The lowest BCUT2D eigenvalue weighted by Crippen LogP contribution is -2.69. The average Bonchev–Trinajstić information content (AvgIpc) is 3.09. The fraction of sp³-hybridized carbons (Fsp3) is 0.211. The second-order valence-electron chi connectivity index (χ2n) is 6.27. The second-order valence-corrected chi connectivity index (χ2v) is 7.74. The van der Waals surface area contributed by atoms with E-state index in [0.29, 0.717) is 10.2 Å². The maximum Gasteiger partial charge on any atom is 0.442 e. The first kappa shape index (κ1) is 21.8. The molecule has 11 heteroatoms. The summed E-state index contributed by atoms with van der Waals surface area (Å²) in [6.45, 7) is 1.75. The number of amides is 1. The minimum atomic E-state index is -5.26. The van der Waals surface area contributed by atoms with Crippen molar-refractivity contribution in [1.82, 2.24) is 10.3 Å². The molecule has 0 aliphatic rings. The zero-order valence-corrected chi connectivity index (χ0v) is 17.2. The van der Waals surface area contributed by atoms with E-state index in [9.17, 15) is 22.8 Å². The first-order valence-corrected chi connectivity index (χ1v) is 9.64. The van der Waals surface area contributed by atoms with Gasteiger partial charge in [0, 0.05) is 10.6 Å². The summed E-state index contributed by atoms with van der Waals surface area (Å²) < 4.78 is 47.5. The number of nitrogens with zero attached hydrogens (tertiary/aromatic N) is 1. The highest BCUT2D eigenvalue weighted by Crippen LogP contribution is 2.36. The number of carbonyl (C=O) groups excluding carboxylic acids is 2. The van der Waals surface area contributed by atoms with Crippen LogP contribution in [0, 0.1) is 6.92 Å². The molecule has 1 amide bonds. The molecular formula is C19H15ClF3N3O3S. The van der Waals surface area contributed by atoms with Gasteiger partial charge in [-0.25, -0.2) is 9.78 Å². The van der Waals surface area contributed by atoms with Crippen molar-refractivity contribution in [3.63, 3.8) is 0 Å². The predicted octanol–water partition coefficient (Wildman–Crippen LogP) is 4.53. The average molecular weight is 458 g/mol. The Morgan fingerprint density at radius 3 is 2.47 bits per heavy atom. The maximum absolute atomic E-state index is 14.2. The number of hydrogen-bond donors (Lipinski definition) is 2. The lowest BCUT2D eigenvalue weighted by Gasteiger charge is -2.34. The molecule has 1 atom stereocenters. The molecule has 2 aromatic carbocycles. The van der Waals surface area contributed by atoms with Gasteiger partial charge in [-0.05, 0) is 36.8 Å². The van der Waals surface area contributed by atoms with E-state index in [2.05, 4.69) is 15.0 Å². The van der Waals surface area contributed by atoms with E-state index >= 15 is 0 Å². The van der Waals surface area contributed by atoms with Gasteiger partial charge in [-0.15, -0.1) is 0 Å². The Hall–Kier alpha value is -2.85. The fourth-order valence-electron chi connectivity index (χ4n) is 2.72. The van der Waals surface area contributed by atoms with E-state index in [1.54, 1.807) is 30.4 Å². The third-order valence-corrected chi connectivity index (χ3v) is 5.39. The molecule has 1 aromatic heterocycles. The van der Waals surface area contributed by atoms with Crippen LogP contribution in [0.25, 0.3) is 10.2 Å². The maximum atomic E-state index is 14.2. The summed E-state index contributed by atoms with van der Waals surface area (Å²) in [5.74, 6) is -2.92. The number of benzene rings is 2. The fourth-order valence-corrected chi connectivity index (χ4v) is 3.91. The molecule has 6 nitrogen and oxygen atoms in total. The van der Waals surface area contributed by atoms with Crippen molar-refractivity contribution in [2.75, 3.05) is 12.4 Å². The van der Waals surface area contributed by atoms with Crippen LogP contribution in [0.5, 0.6) is 0 Å². The SMILES string of the molecule is COC(=O)[C@](NC(=O)c1cccc(Cl)c1)(Nc1nc2c(C)cccc2s1)C(F)(F)F. The molecule has 0 saturated carbocycles. The van der Waals surface area contributed by atoms with Crippen LogP contribution in [0.2, 0.25) is 5.02 Å². The molecule has 3 rings (SSSR count). The summed E-state index contributed by atoms with van der Waals surface area (Å²) in [6, 6.07) is 10.5. The van der Waals surface area contributed by atoms with E-state index in [0.717, 1.165) is 24.0 Å². The van der Waals surface area contributed by atoms with Crippen LogP contribution in [0.3, 0.4) is 0 Å². The van der Waals surface area contributed by atoms with Crippen LogP contribution in [0.4, 0.5) is 18.3 Å². The number of para-hydroxylation sites is 1. The Labute approximate surface area is 178 Å². The molecule has 0 saturated heterocycles. The number of aryl methyl sites for hydroxylation is 1. The van der Waals surface area contributed by atoms with Crippen LogP contribution in [-0.4, -0.2) is 35.8 Å². The van der Waals surface area contributed by atoms with Gasteiger partial charge in [0.2, 0.25) is 0 Å². The van der Waals surface area contributed by atoms with Crippen molar-refractivity contribution < 1.29 is 27.5 Å². The molecule has 158 valence electrons. The number of methoxy groups -OCH3 is 1. The monoisotopic (exact) mass is 457 g/mol.